The van der Waals surface area contributed by atoms with Gasteiger partial charge in [0, 0.05) is 6.20 Å². The quantitative estimate of drug-likeness (QED) is 0.671. The molecule has 6 heteroatoms. The molecule has 0 aliphatic rings. The molecule has 0 saturated carbocycles. The second-order valence-electron chi connectivity index (χ2n) is 2.84. The van der Waals surface area contributed by atoms with Crippen LogP contribution in [0.1, 0.15) is 5.56 Å². The Morgan fingerprint density at radius 2 is 2.21 bits per heavy atom. The van der Waals surface area contributed by atoms with E-state index in [9.17, 15) is 4.79 Å². The van der Waals surface area contributed by atoms with Gasteiger partial charge in [-0.1, -0.05) is 0 Å². The molecule has 14 heavy (non-hydrogen) atoms. The summed E-state index contributed by atoms with van der Waals surface area (Å²) in [4.78, 5) is 21.6. The summed E-state index contributed by atoms with van der Waals surface area (Å²) in [6.45, 7) is 1.86. The average Bonchev–Trinajstić information content (AvgIpc) is 2.06. The number of rotatable bonds is 0. The Morgan fingerprint density at radius 1 is 1.50 bits per heavy atom. The lowest BCUT2D eigenvalue weighted by atomic mass is 10.2. The molecule has 0 bridgehead atoms. The fraction of sp³-hybridized carbons (Fsp3) is 0.125. The summed E-state index contributed by atoms with van der Waals surface area (Å²) in [6, 6.07) is 1.73. The van der Waals surface area contributed by atoms with E-state index in [1.807, 2.05) is 6.92 Å². The summed E-state index contributed by atoms with van der Waals surface area (Å²) in [5.41, 5.74) is 6.41. The van der Waals surface area contributed by atoms with Gasteiger partial charge in [0.15, 0.2) is 5.65 Å². The van der Waals surface area contributed by atoms with Gasteiger partial charge in [-0.3, -0.25) is 9.78 Å². The number of nitrogens with two attached hydrogens (primary N) is 1. The van der Waals surface area contributed by atoms with Crippen molar-refractivity contribution in [2.45, 2.75) is 6.92 Å². The van der Waals surface area contributed by atoms with Gasteiger partial charge in [0.05, 0.1) is 5.39 Å². The van der Waals surface area contributed by atoms with E-state index in [-0.39, 0.29) is 23.9 Å². The summed E-state index contributed by atoms with van der Waals surface area (Å²) in [5.74, 6) is 0.0915. The number of fused-ring (bicyclic) bond motifs is 1. The zero-order valence-corrected chi connectivity index (χ0v) is 8.26. The van der Waals surface area contributed by atoms with Crippen LogP contribution in [0.15, 0.2) is 17.1 Å². The van der Waals surface area contributed by atoms with Crippen molar-refractivity contribution in [3.8, 4) is 0 Å². The Bertz CT molecular complexity index is 522. The van der Waals surface area contributed by atoms with Crippen molar-refractivity contribution in [1.82, 2.24) is 15.0 Å². The van der Waals surface area contributed by atoms with Crippen molar-refractivity contribution in [3.63, 3.8) is 0 Å². The van der Waals surface area contributed by atoms with Crippen LogP contribution in [0.2, 0.25) is 0 Å². The molecule has 5 nitrogen and oxygen atoms in total. The largest absolute Gasteiger partial charge is 0.369 e. The first kappa shape index (κ1) is 10.5. The molecule has 0 unspecified atom stereocenters. The van der Waals surface area contributed by atoms with Crippen LogP contribution in [-0.4, -0.2) is 15.0 Å². The molecular formula is C8H9ClN4O. The molecule has 74 valence electrons. The number of anilines is 1. The minimum Gasteiger partial charge on any atom is -0.369 e. The number of aryl methyl sites for hydroxylation is 1. The number of pyridine rings is 1. The Hall–Kier alpha value is -1.62. The van der Waals surface area contributed by atoms with Crippen molar-refractivity contribution in [2.75, 3.05) is 5.73 Å². The lowest BCUT2D eigenvalue weighted by molar-refractivity contribution is 1.15. The van der Waals surface area contributed by atoms with Gasteiger partial charge < -0.3 is 5.73 Å². The second-order valence-corrected chi connectivity index (χ2v) is 2.84. The molecule has 0 aromatic carbocycles. The Balaban J connectivity index is 0.000000980. The fourth-order valence-electron chi connectivity index (χ4n) is 1.14. The average molecular weight is 213 g/mol. The maximum Gasteiger partial charge on any atom is 0.261 e. The second kappa shape index (κ2) is 3.63. The van der Waals surface area contributed by atoms with Crippen molar-refractivity contribution < 1.29 is 0 Å². The number of halogens is 1. The smallest absolute Gasteiger partial charge is 0.261 e. The molecule has 3 N–H and O–H groups in total. The highest BCUT2D eigenvalue weighted by atomic mass is 35.5. The molecule has 0 amide bonds. The van der Waals surface area contributed by atoms with Gasteiger partial charge in [-0.2, -0.15) is 4.98 Å². The highest BCUT2D eigenvalue weighted by Crippen LogP contribution is 2.05. The SMILES string of the molecule is Cc1cnc2nc(N)[nH]c(=O)c2c1.Cl. The Labute approximate surface area is 85.8 Å². The predicted molar refractivity (Wildman–Crippen MR) is 56.6 cm³/mol. The van der Waals surface area contributed by atoms with E-state index in [1.54, 1.807) is 12.3 Å². The summed E-state index contributed by atoms with van der Waals surface area (Å²) in [7, 11) is 0. The van der Waals surface area contributed by atoms with Crippen molar-refractivity contribution >= 4 is 29.4 Å². The van der Waals surface area contributed by atoms with Crippen LogP contribution in [0.3, 0.4) is 0 Å². The summed E-state index contributed by atoms with van der Waals surface area (Å²) in [5, 5.41) is 0.467. The van der Waals surface area contributed by atoms with Crippen molar-refractivity contribution in [2.24, 2.45) is 0 Å². The van der Waals surface area contributed by atoms with Crippen molar-refractivity contribution in [1.29, 1.82) is 0 Å². The van der Waals surface area contributed by atoms with Crippen LogP contribution in [0.5, 0.6) is 0 Å². The van der Waals surface area contributed by atoms with Gasteiger partial charge >= 0.3 is 0 Å². The van der Waals surface area contributed by atoms with Gasteiger partial charge in [-0.05, 0) is 18.6 Å². The van der Waals surface area contributed by atoms with E-state index in [4.69, 9.17) is 5.73 Å². The molecule has 2 heterocycles. The molecule has 0 radical (unpaired) electrons. The van der Waals surface area contributed by atoms with Crippen LogP contribution in [-0.2, 0) is 0 Å². The monoisotopic (exact) mass is 212 g/mol. The van der Waals surface area contributed by atoms with Crippen molar-refractivity contribution in [3.05, 3.63) is 28.2 Å². The number of nitrogens with zero attached hydrogens (tertiary/aromatic N) is 2. The van der Waals surface area contributed by atoms with Crippen LogP contribution in [0.25, 0.3) is 11.0 Å². The summed E-state index contributed by atoms with van der Waals surface area (Å²) < 4.78 is 0. The molecule has 0 spiro atoms. The topological polar surface area (TPSA) is 84.7 Å². The first-order valence-corrected chi connectivity index (χ1v) is 3.79. The first-order valence-electron chi connectivity index (χ1n) is 3.79. The van der Waals surface area contributed by atoms with Crippen LogP contribution in [0, 0.1) is 6.92 Å². The van der Waals surface area contributed by atoms with Gasteiger partial charge in [-0.25, -0.2) is 4.98 Å². The Kier molecular flexibility index (Phi) is 2.71. The molecule has 0 aliphatic carbocycles. The molecule has 2 aromatic heterocycles. The lowest BCUT2D eigenvalue weighted by Gasteiger charge is -1.97. The molecule has 0 fully saturated rings. The molecule has 0 saturated heterocycles. The number of nitrogens with one attached hydrogen (secondary N) is 1. The van der Waals surface area contributed by atoms with E-state index in [1.165, 1.54) is 0 Å². The van der Waals surface area contributed by atoms with E-state index < -0.39 is 0 Å². The fourth-order valence-corrected chi connectivity index (χ4v) is 1.14. The Morgan fingerprint density at radius 3 is 2.93 bits per heavy atom. The number of nitrogen functional groups attached to an aromatic ring is 1. The molecule has 0 aliphatic heterocycles. The minimum absolute atomic E-state index is 0. The first-order chi connectivity index (χ1) is 6.16. The lowest BCUT2D eigenvalue weighted by Crippen LogP contribution is -2.11. The van der Waals surface area contributed by atoms with Gasteiger partial charge in [0.1, 0.15) is 0 Å². The predicted octanol–water partition coefficient (Wildman–Crippen LogP) is 0.631. The zero-order chi connectivity index (χ0) is 9.42. The van der Waals surface area contributed by atoms with Crippen LogP contribution < -0.4 is 11.3 Å². The van der Waals surface area contributed by atoms with E-state index in [2.05, 4.69) is 15.0 Å². The van der Waals surface area contributed by atoms with Gasteiger partial charge in [0.25, 0.3) is 5.56 Å². The standard InChI is InChI=1S/C8H8N4O.ClH/c1-4-2-5-6(10-3-4)11-8(9)12-7(5)13;/h2-3H,1H3,(H3,9,10,11,12,13);1H. The highest BCUT2D eigenvalue weighted by Gasteiger charge is 2.02. The summed E-state index contributed by atoms with van der Waals surface area (Å²) in [6.07, 6.45) is 1.65. The molecule has 0 atom stereocenters. The van der Waals surface area contributed by atoms with Crippen LogP contribution in [0.4, 0.5) is 5.95 Å². The zero-order valence-electron chi connectivity index (χ0n) is 7.44. The molecular weight excluding hydrogens is 204 g/mol. The normalized spacial score (nSPS) is 9.79. The number of aromatic amines is 1. The maximum atomic E-state index is 11.3. The minimum atomic E-state index is -0.251. The molecule has 2 aromatic rings. The van der Waals surface area contributed by atoms with Gasteiger partial charge in [0.2, 0.25) is 5.95 Å². The summed E-state index contributed by atoms with van der Waals surface area (Å²) >= 11 is 0. The number of hydrogen-bond acceptors (Lipinski definition) is 4. The third kappa shape index (κ3) is 1.67. The number of aromatic nitrogens is 3. The van der Waals surface area contributed by atoms with E-state index in [0.29, 0.717) is 11.0 Å². The highest BCUT2D eigenvalue weighted by molar-refractivity contribution is 5.85. The third-order valence-electron chi connectivity index (χ3n) is 1.72. The van der Waals surface area contributed by atoms with Crippen LogP contribution >= 0.6 is 12.4 Å². The number of hydrogen-bond donors (Lipinski definition) is 2. The third-order valence-corrected chi connectivity index (χ3v) is 1.72. The maximum absolute atomic E-state index is 11.3. The van der Waals surface area contributed by atoms with E-state index >= 15 is 0 Å². The molecule has 2 rings (SSSR count). The number of H-pyrrole nitrogens is 1. The van der Waals surface area contributed by atoms with E-state index in [0.717, 1.165) is 5.56 Å². The van der Waals surface area contributed by atoms with Gasteiger partial charge in [-0.15, -0.1) is 12.4 Å².